The molecule has 3 aliphatic heterocycles. The summed E-state index contributed by atoms with van der Waals surface area (Å²) in [6.07, 6.45) is 3.74. The Bertz CT molecular complexity index is 1560. The maximum Gasteiger partial charge on any atom is 0.230 e. The van der Waals surface area contributed by atoms with Crippen molar-refractivity contribution in [3.8, 4) is 5.75 Å². The number of likely N-dealkylation sites (tertiary alicyclic amines) is 1. The highest BCUT2D eigenvalue weighted by atomic mass is 32.1. The van der Waals surface area contributed by atoms with Gasteiger partial charge in [-0.1, -0.05) is 12.1 Å². The van der Waals surface area contributed by atoms with Crippen LogP contribution in [0.15, 0.2) is 47.8 Å². The van der Waals surface area contributed by atoms with E-state index in [9.17, 15) is 5.11 Å². The first-order chi connectivity index (χ1) is 20.0. The Morgan fingerprint density at radius 1 is 1.02 bits per heavy atom. The maximum atomic E-state index is 10.8. The first-order valence-corrected chi connectivity index (χ1v) is 15.2. The number of anilines is 5. The minimum atomic E-state index is -0.931. The van der Waals surface area contributed by atoms with Crippen LogP contribution in [0.1, 0.15) is 30.4 Å². The van der Waals surface area contributed by atoms with Gasteiger partial charge in [0, 0.05) is 36.6 Å². The highest BCUT2D eigenvalue weighted by Crippen LogP contribution is 2.37. The van der Waals surface area contributed by atoms with E-state index in [1.54, 1.807) is 18.4 Å². The fourth-order valence-corrected chi connectivity index (χ4v) is 6.96. The van der Waals surface area contributed by atoms with Crippen LogP contribution in [0.2, 0.25) is 0 Å². The van der Waals surface area contributed by atoms with Gasteiger partial charge in [-0.2, -0.15) is 4.98 Å². The van der Waals surface area contributed by atoms with Crippen LogP contribution in [0.3, 0.4) is 0 Å². The van der Waals surface area contributed by atoms with E-state index in [0.29, 0.717) is 19.2 Å². The van der Waals surface area contributed by atoms with Crippen LogP contribution in [0.5, 0.6) is 5.75 Å². The van der Waals surface area contributed by atoms with Crippen LogP contribution >= 0.6 is 11.3 Å². The number of aryl methyl sites for hydroxylation is 1. The summed E-state index contributed by atoms with van der Waals surface area (Å²) >= 11 is 1.60. The highest BCUT2D eigenvalue weighted by Gasteiger charge is 2.38. The van der Waals surface area contributed by atoms with Crippen LogP contribution in [0, 0.1) is 6.92 Å². The van der Waals surface area contributed by atoms with Crippen molar-refractivity contribution in [2.75, 3.05) is 62.0 Å². The number of aliphatic hydroxyl groups is 1. The molecule has 0 radical (unpaired) electrons. The average molecular weight is 573 g/mol. The molecule has 0 aliphatic carbocycles. The second kappa shape index (κ2) is 10.8. The fraction of sp³-hybridized carbons (Fsp3) is 0.419. The number of hydrogen-bond donors (Lipinski definition) is 3. The van der Waals surface area contributed by atoms with Crippen LogP contribution in [0.4, 0.5) is 28.8 Å². The monoisotopic (exact) mass is 572 g/mol. The van der Waals surface area contributed by atoms with E-state index in [0.717, 1.165) is 69.1 Å². The quantitative estimate of drug-likeness (QED) is 0.257. The maximum absolute atomic E-state index is 10.8. The third-order valence-electron chi connectivity index (χ3n) is 8.61. The average Bonchev–Trinajstić information content (AvgIpc) is 3.32. The minimum absolute atomic E-state index is 0.311. The molecule has 3 fully saturated rings. The number of thiophene rings is 1. The minimum Gasteiger partial charge on any atom is -0.495 e. The first kappa shape index (κ1) is 26.5. The molecule has 0 amide bonds. The van der Waals surface area contributed by atoms with Gasteiger partial charge in [-0.05, 0) is 80.0 Å². The number of piperidine rings is 1. The van der Waals surface area contributed by atoms with Crippen molar-refractivity contribution in [3.05, 3.63) is 59.0 Å². The largest absolute Gasteiger partial charge is 0.495 e. The molecule has 7 rings (SSSR count). The molecule has 4 aromatic rings. The molecule has 10 heteroatoms. The second-order valence-electron chi connectivity index (χ2n) is 11.3. The lowest BCUT2D eigenvalue weighted by Gasteiger charge is -2.43. The second-order valence-corrected chi connectivity index (χ2v) is 12.2. The summed E-state index contributed by atoms with van der Waals surface area (Å²) in [5.74, 6) is 2.08. The number of aromatic nitrogens is 2. The number of nitrogens with zero attached hydrogens (tertiary/aromatic N) is 4. The van der Waals surface area contributed by atoms with E-state index >= 15 is 0 Å². The lowest BCUT2D eigenvalue weighted by molar-refractivity contribution is -0.184. The molecule has 9 nitrogen and oxygen atoms in total. The number of hydrogen-bond acceptors (Lipinski definition) is 10. The third-order valence-corrected chi connectivity index (χ3v) is 9.60. The van der Waals surface area contributed by atoms with E-state index in [2.05, 4.69) is 44.9 Å². The van der Waals surface area contributed by atoms with Gasteiger partial charge >= 0.3 is 0 Å². The molecule has 0 bridgehead atoms. The van der Waals surface area contributed by atoms with Crippen molar-refractivity contribution in [2.45, 2.75) is 37.8 Å². The van der Waals surface area contributed by atoms with Gasteiger partial charge in [0.15, 0.2) is 0 Å². The summed E-state index contributed by atoms with van der Waals surface area (Å²) < 4.78 is 11.1. The van der Waals surface area contributed by atoms with Crippen molar-refractivity contribution < 1.29 is 14.6 Å². The summed E-state index contributed by atoms with van der Waals surface area (Å²) in [7, 11) is 1.73. The Balaban J connectivity index is 1.12. The van der Waals surface area contributed by atoms with Crippen LogP contribution in [-0.4, -0.2) is 72.5 Å². The Morgan fingerprint density at radius 2 is 1.83 bits per heavy atom. The Labute approximate surface area is 244 Å². The van der Waals surface area contributed by atoms with E-state index in [4.69, 9.17) is 19.4 Å². The van der Waals surface area contributed by atoms with Gasteiger partial charge in [0.2, 0.25) is 5.95 Å². The Hall–Kier alpha value is -3.44. The first-order valence-electron chi connectivity index (χ1n) is 14.4. The number of ether oxygens (including phenoxy) is 2. The molecule has 0 unspecified atom stereocenters. The molecule has 2 aromatic carbocycles. The van der Waals surface area contributed by atoms with Crippen LogP contribution in [-0.2, 0) is 10.3 Å². The number of rotatable bonds is 8. The lowest BCUT2D eigenvalue weighted by atomic mass is 9.92. The molecular formula is C31H36N6O3S. The van der Waals surface area contributed by atoms with Gasteiger partial charge in [-0.15, -0.1) is 11.3 Å². The zero-order chi connectivity index (χ0) is 28.0. The summed E-state index contributed by atoms with van der Waals surface area (Å²) in [6, 6.07) is 14.8. The molecule has 0 atom stereocenters. The normalized spacial score (nSPS) is 19.0. The number of benzene rings is 2. The topological polar surface area (TPSA) is 95.0 Å². The van der Waals surface area contributed by atoms with Crippen molar-refractivity contribution in [1.29, 1.82) is 0 Å². The molecule has 2 aromatic heterocycles. The van der Waals surface area contributed by atoms with E-state index in [1.165, 1.54) is 32.4 Å². The molecule has 0 spiro atoms. The molecular weight excluding hydrogens is 536 g/mol. The third kappa shape index (κ3) is 5.10. The molecule has 3 saturated heterocycles. The van der Waals surface area contributed by atoms with Crippen molar-refractivity contribution in [1.82, 2.24) is 14.9 Å². The van der Waals surface area contributed by atoms with E-state index < -0.39 is 5.60 Å². The zero-order valence-electron chi connectivity index (χ0n) is 23.5. The Morgan fingerprint density at radius 3 is 2.54 bits per heavy atom. The standard InChI is InChI=1S/C31H36N6O3S/c1-20-17-41-29-27(20)28(32-22-6-3-5-21(15-22)31(38)18-40-19-31)34-30(35-29)33-23-7-8-25(26(16-23)39-2)37-13-9-24(10-14-37)36-11-4-12-36/h3,5-8,15-17,24,38H,4,9-14,18-19H2,1-2H3,(H2,32,33,34,35). The predicted molar refractivity (Wildman–Crippen MR) is 164 cm³/mol. The number of nitrogens with one attached hydrogen (secondary N) is 2. The lowest BCUT2D eigenvalue weighted by Crippen LogP contribution is -2.50. The molecule has 41 heavy (non-hydrogen) atoms. The van der Waals surface area contributed by atoms with Gasteiger partial charge in [0.1, 0.15) is 22.0 Å². The number of fused-ring (bicyclic) bond motifs is 1. The molecule has 5 heterocycles. The van der Waals surface area contributed by atoms with Gasteiger partial charge in [-0.3, -0.25) is 0 Å². The molecule has 214 valence electrons. The number of methoxy groups -OCH3 is 1. The van der Waals surface area contributed by atoms with Gasteiger partial charge < -0.3 is 35.0 Å². The van der Waals surface area contributed by atoms with Gasteiger partial charge in [0.25, 0.3) is 0 Å². The molecule has 3 aliphatic rings. The molecule has 3 N–H and O–H groups in total. The summed E-state index contributed by atoms with van der Waals surface area (Å²) in [6.45, 7) is 7.30. The van der Waals surface area contributed by atoms with Crippen molar-refractivity contribution in [3.63, 3.8) is 0 Å². The fourth-order valence-electron chi connectivity index (χ4n) is 6.04. The van der Waals surface area contributed by atoms with Crippen LogP contribution < -0.4 is 20.3 Å². The van der Waals surface area contributed by atoms with Gasteiger partial charge in [0.05, 0.1) is 31.4 Å². The molecule has 0 saturated carbocycles. The van der Waals surface area contributed by atoms with Crippen molar-refractivity contribution in [2.24, 2.45) is 0 Å². The summed E-state index contributed by atoms with van der Waals surface area (Å²) in [4.78, 5) is 15.7. The van der Waals surface area contributed by atoms with Crippen molar-refractivity contribution >= 4 is 50.4 Å². The smallest absolute Gasteiger partial charge is 0.230 e. The van der Waals surface area contributed by atoms with E-state index in [-0.39, 0.29) is 0 Å². The van der Waals surface area contributed by atoms with Gasteiger partial charge in [-0.25, -0.2) is 4.98 Å². The SMILES string of the molecule is COc1cc(Nc2nc(Nc3cccc(C4(O)COC4)c3)c3c(C)csc3n2)ccc1N1CCC(N2CCC2)CC1. The zero-order valence-corrected chi connectivity index (χ0v) is 24.3. The van der Waals surface area contributed by atoms with Crippen LogP contribution in [0.25, 0.3) is 10.2 Å². The Kier molecular flexibility index (Phi) is 6.94. The van der Waals surface area contributed by atoms with E-state index in [1.807, 2.05) is 30.3 Å². The predicted octanol–water partition coefficient (Wildman–Crippen LogP) is 5.39. The summed E-state index contributed by atoms with van der Waals surface area (Å²) in [5, 5.41) is 20.7. The highest BCUT2D eigenvalue weighted by molar-refractivity contribution is 7.17. The summed E-state index contributed by atoms with van der Waals surface area (Å²) in [5.41, 5.74) is 3.86.